The van der Waals surface area contributed by atoms with E-state index >= 15 is 0 Å². The van der Waals surface area contributed by atoms with Crippen molar-refractivity contribution >= 4 is 5.91 Å². The van der Waals surface area contributed by atoms with Gasteiger partial charge in [-0.05, 0) is 61.1 Å². The van der Waals surface area contributed by atoms with Gasteiger partial charge in [0.15, 0.2) is 0 Å². The van der Waals surface area contributed by atoms with Gasteiger partial charge in [-0.15, -0.1) is 0 Å². The number of rotatable bonds is 4. The summed E-state index contributed by atoms with van der Waals surface area (Å²) in [4.78, 5) is 13.9. The van der Waals surface area contributed by atoms with Crippen molar-refractivity contribution < 1.29 is 9.18 Å². The van der Waals surface area contributed by atoms with E-state index in [1.165, 1.54) is 0 Å². The van der Waals surface area contributed by atoms with Gasteiger partial charge < -0.3 is 4.90 Å². The van der Waals surface area contributed by atoms with Crippen molar-refractivity contribution in [1.29, 1.82) is 0 Å². The molecule has 136 valence electrons. The zero-order valence-electron chi connectivity index (χ0n) is 14.9. The van der Waals surface area contributed by atoms with Crippen LogP contribution in [0.4, 0.5) is 4.39 Å². The van der Waals surface area contributed by atoms with Crippen LogP contribution in [0.5, 0.6) is 0 Å². The Labute approximate surface area is 152 Å². The summed E-state index contributed by atoms with van der Waals surface area (Å²) in [6.45, 7) is 1.84. The smallest absolute Gasteiger partial charge is 0.222 e. The van der Waals surface area contributed by atoms with Crippen molar-refractivity contribution in [2.24, 2.45) is 11.8 Å². The fourth-order valence-electron chi connectivity index (χ4n) is 5.32. The summed E-state index contributed by atoms with van der Waals surface area (Å²) in [6.07, 6.45) is 9.61. The van der Waals surface area contributed by atoms with Gasteiger partial charge in [-0.2, -0.15) is 5.10 Å². The molecule has 3 unspecified atom stereocenters. The topological polar surface area (TPSA) is 49.0 Å². The molecule has 2 heterocycles. The van der Waals surface area contributed by atoms with Crippen molar-refractivity contribution in [2.75, 3.05) is 13.1 Å². The summed E-state index contributed by atoms with van der Waals surface area (Å²) < 4.78 is 14.9. The van der Waals surface area contributed by atoms with Crippen molar-refractivity contribution in [3.05, 3.63) is 42.0 Å². The third-order valence-electron chi connectivity index (χ3n) is 6.84. The van der Waals surface area contributed by atoms with E-state index in [1.807, 2.05) is 17.0 Å². The Hall–Kier alpha value is -2.17. The molecule has 2 aliphatic carbocycles. The SMILES string of the molecule is O=C1CCCN1CC1CCC2(c3ccc(-c4cn[nH]c4)cc3F)CC2C1. The standard InChI is InChI=1S/C21H24FN3O/c22-19-9-15(16-11-23-24-12-16)3-4-18(19)21-6-5-14(8-17(21)10-21)13-25-7-1-2-20(25)26/h3-4,9,11-12,14,17H,1-2,5-8,10,13H2,(H,23,24). The summed E-state index contributed by atoms with van der Waals surface area (Å²) in [5.74, 6) is 1.40. The highest BCUT2D eigenvalue weighted by atomic mass is 19.1. The van der Waals surface area contributed by atoms with Gasteiger partial charge in [-0.25, -0.2) is 4.39 Å². The molecule has 1 aliphatic heterocycles. The van der Waals surface area contributed by atoms with E-state index in [-0.39, 0.29) is 11.2 Å². The minimum atomic E-state index is -0.0839. The van der Waals surface area contributed by atoms with Crippen LogP contribution < -0.4 is 0 Å². The number of H-pyrrole nitrogens is 1. The summed E-state index contributed by atoms with van der Waals surface area (Å²) in [6, 6.07) is 5.66. The van der Waals surface area contributed by atoms with Crippen molar-refractivity contribution in [3.8, 4) is 11.1 Å². The Kier molecular flexibility index (Phi) is 3.66. The predicted octanol–water partition coefficient (Wildman–Crippen LogP) is 3.90. The zero-order valence-corrected chi connectivity index (χ0v) is 14.9. The normalized spacial score (nSPS) is 30.5. The fraction of sp³-hybridized carbons (Fsp3) is 0.524. The van der Waals surface area contributed by atoms with Gasteiger partial charge in [0.2, 0.25) is 5.91 Å². The number of likely N-dealkylation sites (tertiary alicyclic amines) is 1. The van der Waals surface area contributed by atoms with E-state index in [2.05, 4.69) is 10.2 Å². The highest BCUT2D eigenvalue weighted by Gasteiger charge is 2.58. The maximum absolute atomic E-state index is 14.9. The van der Waals surface area contributed by atoms with Crippen LogP contribution in [0.15, 0.2) is 30.6 Å². The molecule has 5 heteroatoms. The van der Waals surface area contributed by atoms with E-state index in [9.17, 15) is 9.18 Å². The Bertz CT molecular complexity index is 834. The number of fused-ring (bicyclic) bond motifs is 1. The minimum Gasteiger partial charge on any atom is -0.342 e. The van der Waals surface area contributed by atoms with Crippen molar-refractivity contribution in [2.45, 2.75) is 43.9 Å². The summed E-state index contributed by atoms with van der Waals surface area (Å²) >= 11 is 0. The molecule has 1 aromatic heterocycles. The van der Waals surface area contributed by atoms with Crippen LogP contribution in [0.3, 0.4) is 0 Å². The largest absolute Gasteiger partial charge is 0.342 e. The molecule has 4 nitrogen and oxygen atoms in total. The molecule has 0 radical (unpaired) electrons. The monoisotopic (exact) mass is 353 g/mol. The van der Waals surface area contributed by atoms with Gasteiger partial charge in [0.1, 0.15) is 5.82 Å². The number of carbonyl (C=O) groups excluding carboxylic acids is 1. The lowest BCUT2D eigenvalue weighted by molar-refractivity contribution is -0.128. The number of aromatic nitrogens is 2. The van der Waals surface area contributed by atoms with Crippen LogP contribution in [-0.4, -0.2) is 34.1 Å². The molecular weight excluding hydrogens is 329 g/mol. The van der Waals surface area contributed by atoms with Gasteiger partial charge in [-0.3, -0.25) is 9.89 Å². The molecule has 1 amide bonds. The number of halogens is 1. The first kappa shape index (κ1) is 16.0. The number of carbonyl (C=O) groups is 1. The molecule has 0 spiro atoms. The molecule has 0 bridgehead atoms. The van der Waals surface area contributed by atoms with Crippen LogP contribution in [0.1, 0.15) is 44.1 Å². The number of aromatic amines is 1. The van der Waals surface area contributed by atoms with Crippen LogP contribution in [-0.2, 0) is 10.2 Å². The van der Waals surface area contributed by atoms with E-state index in [4.69, 9.17) is 0 Å². The predicted molar refractivity (Wildman–Crippen MR) is 96.9 cm³/mol. The maximum Gasteiger partial charge on any atom is 0.222 e. The lowest BCUT2D eigenvalue weighted by Crippen LogP contribution is -2.33. The van der Waals surface area contributed by atoms with Gasteiger partial charge in [0.25, 0.3) is 0 Å². The summed E-state index contributed by atoms with van der Waals surface area (Å²) in [7, 11) is 0. The molecule has 3 atom stereocenters. The third kappa shape index (κ3) is 2.56. The molecule has 1 N–H and O–H groups in total. The molecule has 1 aromatic carbocycles. The van der Waals surface area contributed by atoms with E-state index in [0.29, 0.717) is 24.2 Å². The quantitative estimate of drug-likeness (QED) is 0.906. The first-order valence-electron chi connectivity index (χ1n) is 9.73. The molecular formula is C21H24FN3O. The Morgan fingerprint density at radius 2 is 2.27 bits per heavy atom. The van der Waals surface area contributed by atoms with Crippen LogP contribution >= 0.6 is 0 Å². The third-order valence-corrected chi connectivity index (χ3v) is 6.84. The number of nitrogens with one attached hydrogen (secondary N) is 1. The highest BCUT2D eigenvalue weighted by molar-refractivity contribution is 5.78. The molecule has 3 aliphatic rings. The lowest BCUT2D eigenvalue weighted by atomic mass is 9.77. The number of hydrogen-bond donors (Lipinski definition) is 1. The second kappa shape index (κ2) is 5.93. The molecule has 1 saturated heterocycles. The van der Waals surface area contributed by atoms with Crippen LogP contribution in [0.25, 0.3) is 11.1 Å². The molecule has 3 fully saturated rings. The van der Waals surface area contributed by atoms with Crippen molar-refractivity contribution in [3.63, 3.8) is 0 Å². The molecule has 2 saturated carbocycles. The number of hydrogen-bond acceptors (Lipinski definition) is 2. The average Bonchev–Trinajstić information content (AvgIpc) is 2.96. The molecule has 26 heavy (non-hydrogen) atoms. The first-order chi connectivity index (χ1) is 12.7. The second-order valence-electron chi connectivity index (χ2n) is 8.32. The lowest BCUT2D eigenvalue weighted by Gasteiger charge is -2.31. The van der Waals surface area contributed by atoms with E-state index in [1.54, 1.807) is 18.5 Å². The van der Waals surface area contributed by atoms with Gasteiger partial charge in [0.05, 0.1) is 6.20 Å². The van der Waals surface area contributed by atoms with E-state index < -0.39 is 0 Å². The van der Waals surface area contributed by atoms with Gasteiger partial charge in [0, 0.05) is 36.7 Å². The summed E-state index contributed by atoms with van der Waals surface area (Å²) in [5.41, 5.74) is 2.73. The number of benzene rings is 1. The minimum absolute atomic E-state index is 0.0462. The number of amides is 1. The summed E-state index contributed by atoms with van der Waals surface area (Å²) in [5, 5.41) is 6.72. The van der Waals surface area contributed by atoms with Crippen LogP contribution in [0.2, 0.25) is 0 Å². The second-order valence-corrected chi connectivity index (χ2v) is 8.32. The molecule has 2 aromatic rings. The Morgan fingerprint density at radius 1 is 1.35 bits per heavy atom. The van der Waals surface area contributed by atoms with Crippen molar-refractivity contribution in [1.82, 2.24) is 15.1 Å². The average molecular weight is 353 g/mol. The highest BCUT2D eigenvalue weighted by Crippen LogP contribution is 2.64. The van der Waals surface area contributed by atoms with Gasteiger partial charge >= 0.3 is 0 Å². The van der Waals surface area contributed by atoms with Gasteiger partial charge in [-0.1, -0.05) is 12.1 Å². The Balaban J connectivity index is 1.30. The molecule has 5 rings (SSSR count). The van der Waals surface area contributed by atoms with E-state index in [0.717, 1.165) is 61.9 Å². The fourth-order valence-corrected chi connectivity index (χ4v) is 5.32. The number of nitrogens with zero attached hydrogens (tertiary/aromatic N) is 2. The van der Waals surface area contributed by atoms with Crippen LogP contribution in [0, 0.1) is 17.7 Å². The zero-order chi connectivity index (χ0) is 17.7. The Morgan fingerprint density at radius 3 is 2.96 bits per heavy atom. The first-order valence-corrected chi connectivity index (χ1v) is 9.73. The maximum atomic E-state index is 14.9.